The summed E-state index contributed by atoms with van der Waals surface area (Å²) in [7, 11) is -2.74. The van der Waals surface area contributed by atoms with Crippen LogP contribution in [0.3, 0.4) is 0 Å². The second kappa shape index (κ2) is 7.75. The lowest BCUT2D eigenvalue weighted by Gasteiger charge is -2.24. The van der Waals surface area contributed by atoms with Crippen molar-refractivity contribution in [2.24, 2.45) is 11.8 Å². The van der Waals surface area contributed by atoms with Crippen LogP contribution in [0.25, 0.3) is 0 Å². The predicted octanol–water partition coefficient (Wildman–Crippen LogP) is 2.18. The van der Waals surface area contributed by atoms with E-state index in [9.17, 15) is 8.42 Å². The van der Waals surface area contributed by atoms with Crippen molar-refractivity contribution >= 4 is 21.6 Å². The number of hydrogen-bond donors (Lipinski definition) is 1. The molecule has 1 aliphatic rings. The Morgan fingerprint density at radius 3 is 2.61 bits per heavy atom. The summed E-state index contributed by atoms with van der Waals surface area (Å²) in [5, 5.41) is 3.48. The maximum atomic E-state index is 11.6. The molecule has 5 heteroatoms. The fraction of sp³-hybridized carbons (Fsp3) is 1.00. The smallest absolute Gasteiger partial charge is 0.150 e. The molecule has 0 radical (unpaired) electrons. The average molecular weight is 293 g/mol. The maximum absolute atomic E-state index is 11.6. The molecule has 2 atom stereocenters. The Morgan fingerprint density at radius 2 is 2.11 bits per heavy atom. The molecule has 0 aliphatic carbocycles. The molecule has 108 valence electrons. The Morgan fingerprint density at radius 1 is 1.39 bits per heavy atom. The fourth-order valence-corrected chi connectivity index (χ4v) is 4.95. The van der Waals surface area contributed by atoms with E-state index >= 15 is 0 Å². The fourth-order valence-electron chi connectivity index (χ4n) is 2.58. The van der Waals surface area contributed by atoms with E-state index in [1.807, 2.05) is 11.8 Å². The highest BCUT2D eigenvalue weighted by Crippen LogP contribution is 2.29. The van der Waals surface area contributed by atoms with Gasteiger partial charge in [0.2, 0.25) is 0 Å². The van der Waals surface area contributed by atoms with Gasteiger partial charge in [-0.2, -0.15) is 11.8 Å². The molecule has 1 rings (SSSR count). The Balaban J connectivity index is 2.48. The Labute approximate surface area is 116 Å². The molecule has 0 spiro atoms. The first-order valence-electron chi connectivity index (χ1n) is 6.87. The summed E-state index contributed by atoms with van der Waals surface area (Å²) >= 11 is 1.87. The van der Waals surface area contributed by atoms with Gasteiger partial charge in [0.25, 0.3) is 0 Å². The topological polar surface area (TPSA) is 46.2 Å². The molecule has 0 amide bonds. The van der Waals surface area contributed by atoms with Crippen LogP contribution >= 0.6 is 11.8 Å². The third kappa shape index (κ3) is 5.93. The van der Waals surface area contributed by atoms with E-state index in [-0.39, 0.29) is 0 Å². The zero-order valence-electron chi connectivity index (χ0n) is 11.8. The minimum absolute atomic E-state index is 0.378. The summed E-state index contributed by atoms with van der Waals surface area (Å²) in [6.45, 7) is 5.25. The van der Waals surface area contributed by atoms with Crippen LogP contribution in [-0.4, -0.2) is 44.5 Å². The second-order valence-corrected chi connectivity index (χ2v) is 8.84. The summed E-state index contributed by atoms with van der Waals surface area (Å²) in [6.07, 6.45) is 5.34. The van der Waals surface area contributed by atoms with Gasteiger partial charge in [-0.15, -0.1) is 0 Å². The van der Waals surface area contributed by atoms with Crippen molar-refractivity contribution < 1.29 is 8.42 Å². The SMILES string of the molecule is CSCCCC(CNC(C)C)C1CCS(=O)(=O)C1. The van der Waals surface area contributed by atoms with Crippen LogP contribution in [0.2, 0.25) is 0 Å². The average Bonchev–Trinajstić information content (AvgIpc) is 2.63. The lowest BCUT2D eigenvalue weighted by atomic mass is 9.88. The predicted molar refractivity (Wildman–Crippen MR) is 81.0 cm³/mol. The van der Waals surface area contributed by atoms with Crippen molar-refractivity contribution in [2.45, 2.75) is 39.2 Å². The molecule has 0 aromatic heterocycles. The molecular formula is C13H27NO2S2. The lowest BCUT2D eigenvalue weighted by molar-refractivity contribution is 0.315. The molecule has 1 N–H and O–H groups in total. The Hall–Kier alpha value is 0.260. The number of hydrogen-bond acceptors (Lipinski definition) is 4. The molecule has 3 nitrogen and oxygen atoms in total. The van der Waals surface area contributed by atoms with Crippen LogP contribution in [0, 0.1) is 11.8 Å². The number of nitrogens with one attached hydrogen (secondary N) is 1. The monoisotopic (exact) mass is 293 g/mol. The highest BCUT2D eigenvalue weighted by molar-refractivity contribution is 7.98. The number of rotatable bonds is 8. The summed E-state index contributed by atoms with van der Waals surface area (Å²) in [5.41, 5.74) is 0. The number of sulfone groups is 1. The van der Waals surface area contributed by atoms with E-state index in [4.69, 9.17) is 0 Å². The van der Waals surface area contributed by atoms with E-state index < -0.39 is 9.84 Å². The molecule has 1 aliphatic heterocycles. The molecule has 1 heterocycles. The first-order valence-corrected chi connectivity index (χ1v) is 10.1. The van der Waals surface area contributed by atoms with Crippen LogP contribution in [0.5, 0.6) is 0 Å². The first-order chi connectivity index (χ1) is 8.44. The van der Waals surface area contributed by atoms with Gasteiger partial charge in [-0.25, -0.2) is 8.42 Å². The summed E-state index contributed by atoms with van der Waals surface area (Å²) in [6, 6.07) is 0.478. The number of thioether (sulfide) groups is 1. The molecule has 2 unspecified atom stereocenters. The molecule has 0 bridgehead atoms. The van der Waals surface area contributed by atoms with Crippen molar-refractivity contribution in [1.82, 2.24) is 5.32 Å². The van der Waals surface area contributed by atoms with E-state index in [1.165, 1.54) is 12.2 Å². The largest absolute Gasteiger partial charge is 0.314 e. The van der Waals surface area contributed by atoms with E-state index in [0.29, 0.717) is 29.4 Å². The molecule has 0 saturated carbocycles. The normalized spacial score (nSPS) is 24.6. The van der Waals surface area contributed by atoms with E-state index in [1.54, 1.807) is 0 Å². The van der Waals surface area contributed by atoms with Crippen molar-refractivity contribution in [2.75, 3.05) is 30.1 Å². The Kier molecular flexibility index (Phi) is 7.03. The molecule has 0 aromatic rings. The lowest BCUT2D eigenvalue weighted by Crippen LogP contribution is -2.33. The van der Waals surface area contributed by atoms with Gasteiger partial charge in [0.05, 0.1) is 11.5 Å². The Bertz CT molecular complexity index is 328. The minimum atomic E-state index is -2.74. The van der Waals surface area contributed by atoms with E-state index in [2.05, 4.69) is 25.4 Å². The van der Waals surface area contributed by atoms with Crippen LogP contribution in [0.1, 0.15) is 33.1 Å². The molecule has 0 aromatic carbocycles. The summed E-state index contributed by atoms with van der Waals surface area (Å²) < 4.78 is 23.2. The van der Waals surface area contributed by atoms with Crippen LogP contribution in [-0.2, 0) is 9.84 Å². The van der Waals surface area contributed by atoms with Gasteiger partial charge < -0.3 is 5.32 Å². The van der Waals surface area contributed by atoms with Crippen molar-refractivity contribution in [1.29, 1.82) is 0 Å². The quantitative estimate of drug-likeness (QED) is 0.697. The first kappa shape index (κ1) is 16.3. The van der Waals surface area contributed by atoms with E-state index in [0.717, 1.165) is 19.4 Å². The van der Waals surface area contributed by atoms with Gasteiger partial charge in [0, 0.05) is 6.04 Å². The third-order valence-electron chi connectivity index (χ3n) is 3.65. The van der Waals surface area contributed by atoms with Crippen LogP contribution in [0.15, 0.2) is 0 Å². The van der Waals surface area contributed by atoms with Crippen molar-refractivity contribution in [3.63, 3.8) is 0 Å². The third-order valence-corrected chi connectivity index (χ3v) is 6.14. The zero-order chi connectivity index (χ0) is 13.6. The van der Waals surface area contributed by atoms with Crippen molar-refractivity contribution in [3.8, 4) is 0 Å². The maximum Gasteiger partial charge on any atom is 0.150 e. The molecule has 18 heavy (non-hydrogen) atoms. The molecular weight excluding hydrogens is 266 g/mol. The summed E-state index contributed by atoms with van der Waals surface area (Å²) in [4.78, 5) is 0. The van der Waals surface area contributed by atoms with Gasteiger partial charge in [0.1, 0.15) is 0 Å². The zero-order valence-corrected chi connectivity index (χ0v) is 13.4. The van der Waals surface area contributed by atoms with Gasteiger partial charge in [-0.05, 0) is 49.7 Å². The van der Waals surface area contributed by atoms with Gasteiger partial charge in [0.15, 0.2) is 9.84 Å². The minimum Gasteiger partial charge on any atom is -0.314 e. The van der Waals surface area contributed by atoms with Gasteiger partial charge in [-0.1, -0.05) is 13.8 Å². The summed E-state index contributed by atoms with van der Waals surface area (Å²) in [5.74, 6) is 2.90. The van der Waals surface area contributed by atoms with Crippen LogP contribution < -0.4 is 5.32 Å². The van der Waals surface area contributed by atoms with Gasteiger partial charge in [-0.3, -0.25) is 0 Å². The standard InChI is InChI=1S/C13H27NO2S2/c1-11(2)14-9-12(5-4-7-17-3)13-6-8-18(15,16)10-13/h11-14H,4-10H2,1-3H3. The molecule has 1 saturated heterocycles. The van der Waals surface area contributed by atoms with Gasteiger partial charge >= 0.3 is 0 Å². The highest BCUT2D eigenvalue weighted by Gasteiger charge is 2.33. The molecule has 1 fully saturated rings. The highest BCUT2D eigenvalue weighted by atomic mass is 32.2. The van der Waals surface area contributed by atoms with Crippen LogP contribution in [0.4, 0.5) is 0 Å². The van der Waals surface area contributed by atoms with Crippen molar-refractivity contribution in [3.05, 3.63) is 0 Å². The second-order valence-electron chi connectivity index (χ2n) is 5.62.